The Hall–Kier alpha value is -3.74. The molecule has 1 aliphatic heterocycles. The topological polar surface area (TPSA) is 61.1 Å². The first-order chi connectivity index (χ1) is 17.6. The first-order valence-corrected chi connectivity index (χ1v) is 12.8. The first kappa shape index (κ1) is 22.7. The smallest absolute Gasteiger partial charge is 0.231 e. The van der Waals surface area contributed by atoms with Gasteiger partial charge < -0.3 is 19.1 Å². The van der Waals surface area contributed by atoms with Gasteiger partial charge in [0.2, 0.25) is 6.79 Å². The van der Waals surface area contributed by atoms with Crippen LogP contribution in [-0.4, -0.2) is 35.0 Å². The van der Waals surface area contributed by atoms with Crippen LogP contribution in [0.2, 0.25) is 0 Å². The Morgan fingerprint density at radius 3 is 2.72 bits per heavy atom. The molecule has 0 radical (unpaired) electrons. The summed E-state index contributed by atoms with van der Waals surface area (Å²) < 4.78 is 18.7. The second kappa shape index (κ2) is 9.04. The number of hydrogen-bond acceptors (Lipinski definition) is 6. The van der Waals surface area contributed by atoms with Gasteiger partial charge in [0.1, 0.15) is 11.6 Å². The van der Waals surface area contributed by atoms with Crippen LogP contribution in [0.15, 0.2) is 36.4 Å². The van der Waals surface area contributed by atoms with Crippen LogP contribution in [0.25, 0.3) is 16.8 Å². The summed E-state index contributed by atoms with van der Waals surface area (Å²) in [6.07, 6.45) is 4.20. The molecule has 7 nitrogen and oxygen atoms in total. The maximum atomic E-state index is 5.65. The Kier molecular flexibility index (Phi) is 5.70. The van der Waals surface area contributed by atoms with Crippen LogP contribution < -0.4 is 19.1 Å². The predicted molar refractivity (Wildman–Crippen MR) is 140 cm³/mol. The number of ether oxygens (including phenoxy) is 3. The lowest BCUT2D eigenvalue weighted by molar-refractivity contribution is 0.174. The highest BCUT2D eigenvalue weighted by Crippen LogP contribution is 2.39. The minimum absolute atomic E-state index is 0.288. The molecular weight excluding hydrogens is 452 g/mol. The summed E-state index contributed by atoms with van der Waals surface area (Å²) in [7, 11) is 1.70. The summed E-state index contributed by atoms with van der Waals surface area (Å²) in [5, 5.41) is 5.09. The molecule has 0 spiro atoms. The van der Waals surface area contributed by atoms with Crippen molar-refractivity contribution in [3.8, 4) is 28.4 Å². The quantitative estimate of drug-likeness (QED) is 0.338. The minimum atomic E-state index is 0.288. The number of nitrogens with zero attached hydrogens (tertiary/aromatic N) is 4. The average molecular weight is 485 g/mol. The van der Waals surface area contributed by atoms with E-state index < -0.39 is 0 Å². The predicted octanol–water partition coefficient (Wildman–Crippen LogP) is 5.66. The van der Waals surface area contributed by atoms with Gasteiger partial charge >= 0.3 is 0 Å². The summed E-state index contributed by atoms with van der Waals surface area (Å²) in [6.45, 7) is 8.42. The monoisotopic (exact) mass is 484 g/mol. The van der Waals surface area contributed by atoms with E-state index in [2.05, 4.69) is 54.5 Å². The third-order valence-electron chi connectivity index (χ3n) is 7.24. The maximum absolute atomic E-state index is 5.65. The molecule has 3 heterocycles. The van der Waals surface area contributed by atoms with Gasteiger partial charge in [-0.1, -0.05) is 19.1 Å². The van der Waals surface area contributed by atoms with Crippen molar-refractivity contribution in [1.29, 1.82) is 0 Å². The number of aryl methyl sites for hydroxylation is 3. The van der Waals surface area contributed by atoms with Crippen LogP contribution in [-0.2, 0) is 19.4 Å². The molecular formula is C29H32N4O3. The van der Waals surface area contributed by atoms with E-state index >= 15 is 0 Å². The number of benzene rings is 2. The Balaban J connectivity index is 1.51. The number of aromatic nitrogens is 3. The van der Waals surface area contributed by atoms with Crippen molar-refractivity contribution in [3.63, 3.8) is 0 Å². The van der Waals surface area contributed by atoms with E-state index in [0.717, 1.165) is 84.1 Å². The van der Waals surface area contributed by atoms with E-state index in [1.807, 2.05) is 12.1 Å². The van der Waals surface area contributed by atoms with Crippen molar-refractivity contribution in [2.75, 3.05) is 25.3 Å². The lowest BCUT2D eigenvalue weighted by atomic mass is 10.0. The largest absolute Gasteiger partial charge is 0.497 e. The molecule has 4 aromatic rings. The van der Waals surface area contributed by atoms with E-state index in [1.54, 1.807) is 7.11 Å². The Bertz CT molecular complexity index is 1460. The standard InChI is InChI=1S/C29H32N4O3/c1-5-13-32(16-20-9-12-25-26(15-20)36-17-35-25)29-23-7-6-8-24(23)30-28-27(19(3)31-33(28)29)22-11-10-21(34-4)14-18(22)2/h9-12,14-15H,5-8,13,16-17H2,1-4H3. The zero-order chi connectivity index (χ0) is 24.8. The summed E-state index contributed by atoms with van der Waals surface area (Å²) in [4.78, 5) is 7.67. The number of hydrogen-bond donors (Lipinski definition) is 0. The molecule has 2 aliphatic rings. The highest BCUT2D eigenvalue weighted by Gasteiger charge is 2.28. The van der Waals surface area contributed by atoms with Crippen molar-refractivity contribution in [1.82, 2.24) is 14.6 Å². The van der Waals surface area contributed by atoms with Gasteiger partial charge in [-0.15, -0.1) is 0 Å². The lowest BCUT2D eigenvalue weighted by Gasteiger charge is -2.27. The zero-order valence-corrected chi connectivity index (χ0v) is 21.4. The van der Waals surface area contributed by atoms with Crippen LogP contribution in [0.3, 0.4) is 0 Å². The second-order valence-corrected chi connectivity index (χ2v) is 9.70. The van der Waals surface area contributed by atoms with Crippen LogP contribution in [0.4, 0.5) is 5.82 Å². The number of rotatable bonds is 7. The van der Waals surface area contributed by atoms with Gasteiger partial charge in [-0.05, 0) is 80.5 Å². The molecule has 2 aromatic carbocycles. The number of methoxy groups -OCH3 is 1. The molecule has 186 valence electrons. The molecule has 6 rings (SSSR count). The molecule has 0 bridgehead atoms. The van der Waals surface area contributed by atoms with E-state index in [4.69, 9.17) is 24.3 Å². The van der Waals surface area contributed by atoms with Crippen LogP contribution in [0, 0.1) is 13.8 Å². The van der Waals surface area contributed by atoms with Crippen LogP contribution >= 0.6 is 0 Å². The van der Waals surface area contributed by atoms with E-state index in [1.165, 1.54) is 22.6 Å². The molecule has 7 heteroatoms. The second-order valence-electron chi connectivity index (χ2n) is 9.70. The molecule has 0 saturated carbocycles. The van der Waals surface area contributed by atoms with Gasteiger partial charge in [-0.3, -0.25) is 0 Å². The highest BCUT2D eigenvalue weighted by molar-refractivity contribution is 5.83. The Morgan fingerprint density at radius 1 is 1.06 bits per heavy atom. The van der Waals surface area contributed by atoms with Crippen molar-refractivity contribution >= 4 is 11.5 Å². The SMILES string of the molecule is CCCN(Cc1ccc2c(c1)OCO2)c1c2c(nc3c(-c4ccc(OC)cc4C)c(C)nn13)CCC2. The van der Waals surface area contributed by atoms with Gasteiger partial charge in [-0.2, -0.15) is 9.61 Å². The van der Waals surface area contributed by atoms with Gasteiger partial charge in [0.15, 0.2) is 17.1 Å². The molecule has 0 saturated heterocycles. The lowest BCUT2D eigenvalue weighted by Crippen LogP contribution is -2.27. The van der Waals surface area contributed by atoms with Crippen molar-refractivity contribution in [2.45, 2.75) is 53.0 Å². The molecule has 0 amide bonds. The molecule has 2 aromatic heterocycles. The summed E-state index contributed by atoms with van der Waals surface area (Å²) >= 11 is 0. The minimum Gasteiger partial charge on any atom is -0.497 e. The molecule has 0 N–H and O–H groups in total. The summed E-state index contributed by atoms with van der Waals surface area (Å²) in [5.41, 5.74) is 9.06. The third-order valence-corrected chi connectivity index (χ3v) is 7.24. The van der Waals surface area contributed by atoms with Gasteiger partial charge in [0, 0.05) is 29.9 Å². The van der Waals surface area contributed by atoms with Crippen molar-refractivity contribution < 1.29 is 14.2 Å². The zero-order valence-electron chi connectivity index (χ0n) is 21.4. The highest BCUT2D eigenvalue weighted by atomic mass is 16.7. The van der Waals surface area contributed by atoms with Crippen molar-refractivity contribution in [2.24, 2.45) is 0 Å². The van der Waals surface area contributed by atoms with E-state index in [9.17, 15) is 0 Å². The summed E-state index contributed by atoms with van der Waals surface area (Å²) in [6, 6.07) is 12.5. The number of anilines is 1. The van der Waals surface area contributed by atoms with Gasteiger partial charge in [0.05, 0.1) is 12.8 Å². The fourth-order valence-electron chi connectivity index (χ4n) is 5.59. The fraction of sp³-hybridized carbons (Fsp3) is 0.379. The molecule has 0 unspecified atom stereocenters. The fourth-order valence-corrected chi connectivity index (χ4v) is 5.59. The average Bonchev–Trinajstić information content (AvgIpc) is 3.60. The van der Waals surface area contributed by atoms with Crippen LogP contribution in [0.5, 0.6) is 17.2 Å². The van der Waals surface area contributed by atoms with Crippen LogP contribution in [0.1, 0.15) is 47.8 Å². The third kappa shape index (κ3) is 3.74. The van der Waals surface area contributed by atoms with Gasteiger partial charge in [-0.25, -0.2) is 4.98 Å². The molecule has 0 fully saturated rings. The maximum Gasteiger partial charge on any atom is 0.231 e. The van der Waals surface area contributed by atoms with Crippen molar-refractivity contribution in [3.05, 3.63) is 64.5 Å². The first-order valence-electron chi connectivity index (χ1n) is 12.8. The molecule has 1 aliphatic carbocycles. The molecule has 36 heavy (non-hydrogen) atoms. The Morgan fingerprint density at radius 2 is 1.92 bits per heavy atom. The number of fused-ring (bicyclic) bond motifs is 3. The van der Waals surface area contributed by atoms with E-state index in [0.29, 0.717) is 0 Å². The Labute approximate surface area is 211 Å². The summed E-state index contributed by atoms with van der Waals surface area (Å²) in [5.74, 6) is 3.67. The van der Waals surface area contributed by atoms with Gasteiger partial charge in [0.25, 0.3) is 0 Å². The van der Waals surface area contributed by atoms with E-state index in [-0.39, 0.29) is 6.79 Å². The molecule has 0 atom stereocenters. The normalized spacial score (nSPS) is 13.9.